The van der Waals surface area contributed by atoms with Gasteiger partial charge in [-0.05, 0) is 31.9 Å². The summed E-state index contributed by atoms with van der Waals surface area (Å²) in [5.74, 6) is 0.569. The van der Waals surface area contributed by atoms with E-state index in [0.29, 0.717) is 5.92 Å². The van der Waals surface area contributed by atoms with E-state index in [1.165, 1.54) is 6.21 Å². The Morgan fingerprint density at radius 2 is 2.23 bits per heavy atom. The fourth-order valence-electron chi connectivity index (χ4n) is 1.09. The summed E-state index contributed by atoms with van der Waals surface area (Å²) in [6.45, 7) is 5.12. The molecule has 0 unspecified atom stereocenters. The molecule has 0 saturated carbocycles. The van der Waals surface area contributed by atoms with Gasteiger partial charge >= 0.3 is 0 Å². The van der Waals surface area contributed by atoms with Crippen LogP contribution in [0.5, 0.6) is 0 Å². The summed E-state index contributed by atoms with van der Waals surface area (Å²) in [5.41, 5.74) is 0.967. The summed E-state index contributed by atoms with van der Waals surface area (Å²) < 4.78 is 0. The molecule has 0 heterocycles. The number of nitrogens with one attached hydrogen (secondary N) is 2. The van der Waals surface area contributed by atoms with Gasteiger partial charge < -0.3 is 10.7 Å². The minimum absolute atomic E-state index is 0.569. The third-order valence-corrected chi connectivity index (χ3v) is 2.05. The third-order valence-electron chi connectivity index (χ3n) is 2.05. The van der Waals surface area contributed by atoms with E-state index in [1.54, 1.807) is 0 Å². The molecule has 74 valence electrons. The van der Waals surface area contributed by atoms with Crippen molar-refractivity contribution < 1.29 is 0 Å². The Morgan fingerprint density at radius 3 is 2.62 bits per heavy atom. The van der Waals surface area contributed by atoms with E-state index in [4.69, 9.17) is 5.41 Å². The molecule has 2 N–H and O–H groups in total. The van der Waals surface area contributed by atoms with Crippen molar-refractivity contribution >= 4 is 6.21 Å². The second kappa shape index (κ2) is 7.74. The topological polar surface area (TPSA) is 35.9 Å². The molecule has 0 rings (SSSR count). The van der Waals surface area contributed by atoms with Crippen molar-refractivity contribution in [1.29, 1.82) is 5.41 Å². The van der Waals surface area contributed by atoms with Gasteiger partial charge in [-0.1, -0.05) is 25.2 Å². The molecular formula is C11H20N2. The van der Waals surface area contributed by atoms with Crippen LogP contribution in [0.4, 0.5) is 0 Å². The van der Waals surface area contributed by atoms with Gasteiger partial charge in [0.25, 0.3) is 0 Å². The van der Waals surface area contributed by atoms with E-state index in [1.807, 2.05) is 26.1 Å². The molecule has 0 aromatic rings. The van der Waals surface area contributed by atoms with Crippen LogP contribution in [0.3, 0.4) is 0 Å². The van der Waals surface area contributed by atoms with Gasteiger partial charge in [-0.15, -0.1) is 0 Å². The molecule has 0 aromatic heterocycles. The first-order valence-electron chi connectivity index (χ1n) is 4.78. The summed E-state index contributed by atoms with van der Waals surface area (Å²) in [7, 11) is 1.96. The molecular weight excluding hydrogens is 160 g/mol. The van der Waals surface area contributed by atoms with Gasteiger partial charge in [0.1, 0.15) is 0 Å². The molecule has 0 aromatic carbocycles. The lowest BCUT2D eigenvalue weighted by atomic mass is 10.0. The quantitative estimate of drug-likeness (QED) is 0.478. The van der Waals surface area contributed by atoms with E-state index >= 15 is 0 Å². The smallest absolute Gasteiger partial charge is 0.0246 e. The van der Waals surface area contributed by atoms with E-state index in [9.17, 15) is 0 Å². The number of rotatable bonds is 6. The molecule has 0 amide bonds. The lowest BCUT2D eigenvalue weighted by Gasteiger charge is -2.07. The van der Waals surface area contributed by atoms with Crippen LogP contribution in [-0.4, -0.2) is 19.8 Å². The SMILES string of the molecule is C/C=C(C=N)/C=C/[C@@H](CC)CNC. The first-order valence-corrected chi connectivity index (χ1v) is 4.78. The van der Waals surface area contributed by atoms with Crippen LogP contribution in [0.2, 0.25) is 0 Å². The van der Waals surface area contributed by atoms with Crippen molar-refractivity contribution in [2.75, 3.05) is 13.6 Å². The zero-order chi connectivity index (χ0) is 10.1. The van der Waals surface area contributed by atoms with Crippen molar-refractivity contribution in [3.63, 3.8) is 0 Å². The molecule has 0 fully saturated rings. The van der Waals surface area contributed by atoms with Gasteiger partial charge in [-0.3, -0.25) is 0 Å². The molecule has 2 nitrogen and oxygen atoms in total. The molecule has 2 heteroatoms. The monoisotopic (exact) mass is 180 g/mol. The Morgan fingerprint density at radius 1 is 1.54 bits per heavy atom. The molecule has 0 aliphatic carbocycles. The van der Waals surface area contributed by atoms with Gasteiger partial charge in [0, 0.05) is 12.8 Å². The van der Waals surface area contributed by atoms with Gasteiger partial charge in [0.05, 0.1) is 0 Å². The second-order valence-corrected chi connectivity index (χ2v) is 3.02. The van der Waals surface area contributed by atoms with Crippen molar-refractivity contribution in [3.8, 4) is 0 Å². The second-order valence-electron chi connectivity index (χ2n) is 3.02. The summed E-state index contributed by atoms with van der Waals surface area (Å²) in [5, 5.41) is 10.3. The van der Waals surface area contributed by atoms with E-state index in [-0.39, 0.29) is 0 Å². The molecule has 0 bridgehead atoms. The van der Waals surface area contributed by atoms with Gasteiger partial charge in [0.15, 0.2) is 0 Å². The van der Waals surface area contributed by atoms with Crippen LogP contribution >= 0.6 is 0 Å². The van der Waals surface area contributed by atoms with Crippen molar-refractivity contribution in [1.82, 2.24) is 5.32 Å². The Hall–Kier alpha value is -0.890. The van der Waals surface area contributed by atoms with E-state index in [2.05, 4.69) is 18.3 Å². The number of hydrogen-bond donors (Lipinski definition) is 2. The van der Waals surface area contributed by atoms with E-state index in [0.717, 1.165) is 18.5 Å². The van der Waals surface area contributed by atoms with Crippen molar-refractivity contribution in [3.05, 3.63) is 23.8 Å². The summed E-state index contributed by atoms with van der Waals surface area (Å²) in [4.78, 5) is 0. The first-order chi connectivity index (χ1) is 6.28. The van der Waals surface area contributed by atoms with Gasteiger partial charge in [-0.25, -0.2) is 0 Å². The van der Waals surface area contributed by atoms with E-state index < -0.39 is 0 Å². The maximum absolute atomic E-state index is 7.10. The molecule has 0 radical (unpaired) electrons. The Balaban J connectivity index is 4.12. The largest absolute Gasteiger partial charge is 0.319 e. The molecule has 0 spiro atoms. The van der Waals surface area contributed by atoms with Crippen LogP contribution in [0, 0.1) is 11.3 Å². The molecule has 1 atom stereocenters. The fraction of sp³-hybridized carbons (Fsp3) is 0.545. The van der Waals surface area contributed by atoms with Crippen LogP contribution < -0.4 is 5.32 Å². The normalized spacial score (nSPS) is 14.8. The summed E-state index contributed by atoms with van der Waals surface area (Å²) >= 11 is 0. The Bertz CT molecular complexity index is 192. The fourth-order valence-corrected chi connectivity index (χ4v) is 1.09. The van der Waals surface area contributed by atoms with Crippen molar-refractivity contribution in [2.45, 2.75) is 20.3 Å². The van der Waals surface area contributed by atoms with Crippen LogP contribution in [-0.2, 0) is 0 Å². The van der Waals surface area contributed by atoms with Crippen LogP contribution in [0.25, 0.3) is 0 Å². The highest BCUT2D eigenvalue weighted by atomic mass is 14.8. The van der Waals surface area contributed by atoms with Gasteiger partial charge in [0.2, 0.25) is 0 Å². The predicted molar refractivity (Wildman–Crippen MR) is 59.4 cm³/mol. The Kier molecular flexibility index (Phi) is 7.21. The average molecular weight is 180 g/mol. The minimum atomic E-state index is 0.569. The zero-order valence-corrected chi connectivity index (χ0v) is 8.80. The first kappa shape index (κ1) is 12.1. The van der Waals surface area contributed by atoms with Crippen molar-refractivity contribution in [2.24, 2.45) is 5.92 Å². The maximum Gasteiger partial charge on any atom is 0.0246 e. The maximum atomic E-state index is 7.10. The number of allylic oxidation sites excluding steroid dienone is 3. The standard InChI is InChI=1S/C11H20N2/c1-4-10(8-12)6-7-11(5-2)9-13-3/h4,6-8,11-13H,5,9H2,1-3H3/b7-6+,10-4-,12-8?/t11-/m1/s1. The van der Waals surface area contributed by atoms with Crippen LogP contribution in [0.15, 0.2) is 23.8 Å². The summed E-state index contributed by atoms with van der Waals surface area (Å²) in [6, 6.07) is 0. The van der Waals surface area contributed by atoms with Gasteiger partial charge in [-0.2, -0.15) is 0 Å². The predicted octanol–water partition coefficient (Wildman–Crippen LogP) is 2.38. The highest BCUT2D eigenvalue weighted by Gasteiger charge is 1.98. The highest BCUT2D eigenvalue weighted by molar-refractivity contribution is 5.79. The molecule has 13 heavy (non-hydrogen) atoms. The van der Waals surface area contributed by atoms with Crippen LogP contribution in [0.1, 0.15) is 20.3 Å². The lowest BCUT2D eigenvalue weighted by molar-refractivity contribution is 0.581. The molecule has 0 saturated heterocycles. The molecule has 0 aliphatic heterocycles. The number of hydrogen-bond acceptors (Lipinski definition) is 2. The Labute approximate surface area is 81.2 Å². The lowest BCUT2D eigenvalue weighted by Crippen LogP contribution is -2.16. The zero-order valence-electron chi connectivity index (χ0n) is 8.80. The average Bonchev–Trinajstić information content (AvgIpc) is 2.17. The minimum Gasteiger partial charge on any atom is -0.319 e. The summed E-state index contributed by atoms with van der Waals surface area (Å²) in [6.07, 6.45) is 8.62. The third kappa shape index (κ3) is 5.36. The highest BCUT2D eigenvalue weighted by Crippen LogP contribution is 2.04. The molecule has 0 aliphatic rings.